The van der Waals surface area contributed by atoms with Crippen LogP contribution < -0.4 is 11.1 Å². The third-order valence-electron chi connectivity index (χ3n) is 3.97. The molecule has 2 nitrogen and oxygen atoms in total. The first-order valence-electron chi connectivity index (χ1n) is 6.82. The first kappa shape index (κ1) is 13.5. The van der Waals surface area contributed by atoms with Gasteiger partial charge in [-0.25, -0.2) is 4.39 Å². The number of hydrogen-bond donors (Lipinski definition) is 2. The number of benzene rings is 1. The van der Waals surface area contributed by atoms with Crippen molar-refractivity contribution in [2.75, 3.05) is 6.54 Å². The third kappa shape index (κ3) is 3.09. The molecule has 18 heavy (non-hydrogen) atoms. The second-order valence-corrected chi connectivity index (χ2v) is 5.57. The van der Waals surface area contributed by atoms with Crippen LogP contribution >= 0.6 is 0 Å². The summed E-state index contributed by atoms with van der Waals surface area (Å²) in [6, 6.07) is 5.65. The first-order valence-corrected chi connectivity index (χ1v) is 6.82. The molecule has 2 rings (SSSR count). The van der Waals surface area contributed by atoms with Gasteiger partial charge in [0.25, 0.3) is 0 Å². The molecular formula is C15H23FN2. The number of aryl methyl sites for hydroxylation is 1. The van der Waals surface area contributed by atoms with Crippen molar-refractivity contribution >= 4 is 0 Å². The third-order valence-corrected chi connectivity index (χ3v) is 3.97. The average Bonchev–Trinajstić information content (AvgIpc) is 2.72. The van der Waals surface area contributed by atoms with E-state index in [-0.39, 0.29) is 11.9 Å². The van der Waals surface area contributed by atoms with Crippen LogP contribution in [0.25, 0.3) is 0 Å². The largest absolute Gasteiger partial charge is 0.329 e. The van der Waals surface area contributed by atoms with Crippen LogP contribution in [0.1, 0.15) is 43.4 Å². The molecule has 3 N–H and O–H groups in total. The summed E-state index contributed by atoms with van der Waals surface area (Å²) >= 11 is 0. The molecule has 100 valence electrons. The topological polar surface area (TPSA) is 38.0 Å². The van der Waals surface area contributed by atoms with Crippen LogP contribution in [0.3, 0.4) is 0 Å². The van der Waals surface area contributed by atoms with Gasteiger partial charge in [-0.05, 0) is 55.4 Å². The quantitative estimate of drug-likeness (QED) is 0.862. The minimum Gasteiger partial charge on any atom is -0.329 e. The summed E-state index contributed by atoms with van der Waals surface area (Å²) in [7, 11) is 0. The number of halogens is 1. The molecule has 0 saturated heterocycles. The van der Waals surface area contributed by atoms with E-state index in [1.54, 1.807) is 6.07 Å². The summed E-state index contributed by atoms with van der Waals surface area (Å²) < 4.78 is 13.1. The van der Waals surface area contributed by atoms with Gasteiger partial charge in [-0.3, -0.25) is 0 Å². The van der Waals surface area contributed by atoms with E-state index >= 15 is 0 Å². The summed E-state index contributed by atoms with van der Waals surface area (Å²) in [5.41, 5.74) is 7.97. The van der Waals surface area contributed by atoms with E-state index in [0.29, 0.717) is 12.6 Å². The Hall–Kier alpha value is -0.930. The lowest BCUT2D eigenvalue weighted by molar-refractivity contribution is 0.433. The highest BCUT2D eigenvalue weighted by molar-refractivity contribution is 5.30. The lowest BCUT2D eigenvalue weighted by Gasteiger charge is -2.23. The molecule has 0 aliphatic heterocycles. The zero-order chi connectivity index (χ0) is 13.1. The summed E-state index contributed by atoms with van der Waals surface area (Å²) in [4.78, 5) is 0. The smallest absolute Gasteiger partial charge is 0.123 e. The Bertz CT molecular complexity index is 405. The predicted octanol–water partition coefficient (Wildman–Crippen LogP) is 2.91. The standard InChI is InChI=1S/C15H23FN2/c1-10-3-5-13(7-10)18-15(9-17)14-6-4-12(16)8-11(14)2/h4,6,8,10,13,15,18H,3,5,7,9,17H2,1-2H3. The fraction of sp³-hybridized carbons (Fsp3) is 0.600. The van der Waals surface area contributed by atoms with E-state index in [4.69, 9.17) is 5.73 Å². The second-order valence-electron chi connectivity index (χ2n) is 5.57. The van der Waals surface area contributed by atoms with Gasteiger partial charge in [-0.1, -0.05) is 13.0 Å². The Morgan fingerprint density at radius 3 is 2.78 bits per heavy atom. The van der Waals surface area contributed by atoms with Gasteiger partial charge < -0.3 is 11.1 Å². The highest BCUT2D eigenvalue weighted by Crippen LogP contribution is 2.27. The maximum atomic E-state index is 13.1. The maximum Gasteiger partial charge on any atom is 0.123 e. The predicted molar refractivity (Wildman–Crippen MR) is 72.9 cm³/mol. The van der Waals surface area contributed by atoms with Gasteiger partial charge in [0, 0.05) is 18.6 Å². The molecular weight excluding hydrogens is 227 g/mol. The van der Waals surface area contributed by atoms with Gasteiger partial charge in [0.05, 0.1) is 0 Å². The van der Waals surface area contributed by atoms with Crippen molar-refractivity contribution in [1.29, 1.82) is 0 Å². The fourth-order valence-electron chi connectivity index (χ4n) is 2.96. The molecule has 1 aliphatic carbocycles. The van der Waals surface area contributed by atoms with Crippen molar-refractivity contribution < 1.29 is 4.39 Å². The molecule has 0 spiro atoms. The van der Waals surface area contributed by atoms with Crippen molar-refractivity contribution in [2.45, 2.75) is 45.2 Å². The molecule has 1 aromatic rings. The van der Waals surface area contributed by atoms with E-state index in [0.717, 1.165) is 17.0 Å². The Labute approximate surface area is 109 Å². The molecule has 0 aromatic heterocycles. The van der Waals surface area contributed by atoms with Gasteiger partial charge in [-0.15, -0.1) is 0 Å². The summed E-state index contributed by atoms with van der Waals surface area (Å²) in [5, 5.41) is 3.63. The SMILES string of the molecule is Cc1cc(F)ccc1C(CN)NC1CCC(C)C1. The molecule has 1 fully saturated rings. The van der Waals surface area contributed by atoms with Gasteiger partial charge >= 0.3 is 0 Å². The van der Waals surface area contributed by atoms with E-state index in [1.165, 1.54) is 25.3 Å². The maximum absolute atomic E-state index is 13.1. The van der Waals surface area contributed by atoms with Crippen molar-refractivity contribution in [2.24, 2.45) is 11.7 Å². The van der Waals surface area contributed by atoms with Gasteiger partial charge in [-0.2, -0.15) is 0 Å². The van der Waals surface area contributed by atoms with Crippen LogP contribution in [0.2, 0.25) is 0 Å². The zero-order valence-electron chi connectivity index (χ0n) is 11.2. The number of hydrogen-bond acceptors (Lipinski definition) is 2. The minimum absolute atomic E-state index is 0.140. The molecule has 3 heteroatoms. The number of rotatable bonds is 4. The second kappa shape index (κ2) is 5.81. The zero-order valence-corrected chi connectivity index (χ0v) is 11.2. The van der Waals surface area contributed by atoms with Crippen LogP contribution in [0.4, 0.5) is 4.39 Å². The van der Waals surface area contributed by atoms with Gasteiger partial charge in [0.1, 0.15) is 5.82 Å². The van der Waals surface area contributed by atoms with Crippen molar-refractivity contribution in [3.8, 4) is 0 Å². The molecule has 1 aromatic carbocycles. The monoisotopic (exact) mass is 250 g/mol. The lowest BCUT2D eigenvalue weighted by atomic mass is 10.00. The van der Waals surface area contributed by atoms with Crippen LogP contribution in [-0.4, -0.2) is 12.6 Å². The molecule has 0 amide bonds. The highest BCUT2D eigenvalue weighted by atomic mass is 19.1. The fourth-order valence-corrected chi connectivity index (χ4v) is 2.96. The van der Waals surface area contributed by atoms with E-state index in [2.05, 4.69) is 12.2 Å². The van der Waals surface area contributed by atoms with Crippen molar-refractivity contribution in [1.82, 2.24) is 5.32 Å². The molecule has 1 aliphatic rings. The van der Waals surface area contributed by atoms with E-state index in [9.17, 15) is 4.39 Å². The summed E-state index contributed by atoms with van der Waals surface area (Å²) in [6.45, 7) is 4.79. The number of nitrogens with one attached hydrogen (secondary N) is 1. The first-order chi connectivity index (χ1) is 8.60. The van der Waals surface area contributed by atoms with Crippen LogP contribution in [0, 0.1) is 18.7 Å². The van der Waals surface area contributed by atoms with Gasteiger partial charge in [0.2, 0.25) is 0 Å². The van der Waals surface area contributed by atoms with E-state index < -0.39 is 0 Å². The van der Waals surface area contributed by atoms with Crippen molar-refractivity contribution in [3.05, 3.63) is 35.1 Å². The molecule has 0 heterocycles. The van der Waals surface area contributed by atoms with Crippen LogP contribution in [0.15, 0.2) is 18.2 Å². The molecule has 0 bridgehead atoms. The number of nitrogens with two attached hydrogens (primary N) is 1. The molecule has 3 unspecified atom stereocenters. The Morgan fingerprint density at radius 2 is 2.22 bits per heavy atom. The molecule has 0 radical (unpaired) electrons. The lowest BCUT2D eigenvalue weighted by Crippen LogP contribution is -2.35. The Kier molecular flexibility index (Phi) is 4.36. The van der Waals surface area contributed by atoms with Crippen LogP contribution in [-0.2, 0) is 0 Å². The minimum atomic E-state index is -0.179. The molecule has 3 atom stereocenters. The van der Waals surface area contributed by atoms with Crippen LogP contribution in [0.5, 0.6) is 0 Å². The molecule has 1 saturated carbocycles. The summed E-state index contributed by atoms with van der Waals surface area (Å²) in [6.07, 6.45) is 3.73. The van der Waals surface area contributed by atoms with E-state index in [1.807, 2.05) is 13.0 Å². The normalized spacial score (nSPS) is 25.3. The Balaban J connectivity index is 2.08. The average molecular weight is 250 g/mol. The van der Waals surface area contributed by atoms with Gasteiger partial charge in [0.15, 0.2) is 0 Å². The highest BCUT2D eigenvalue weighted by Gasteiger charge is 2.24. The Morgan fingerprint density at radius 1 is 1.44 bits per heavy atom. The summed E-state index contributed by atoms with van der Waals surface area (Å²) in [5.74, 6) is 0.622. The van der Waals surface area contributed by atoms with Crippen molar-refractivity contribution in [3.63, 3.8) is 0 Å².